The van der Waals surface area contributed by atoms with E-state index in [4.69, 9.17) is 9.47 Å². The van der Waals surface area contributed by atoms with Crippen LogP contribution in [0.25, 0.3) is 0 Å². The van der Waals surface area contributed by atoms with Crippen molar-refractivity contribution in [3.05, 3.63) is 71.8 Å². The Morgan fingerprint density at radius 3 is 2.21 bits per heavy atom. The lowest BCUT2D eigenvalue weighted by molar-refractivity contribution is -0.147. The molecule has 6 heteroatoms. The van der Waals surface area contributed by atoms with Crippen molar-refractivity contribution in [1.82, 2.24) is 9.80 Å². The maximum atomic E-state index is 13.2. The van der Waals surface area contributed by atoms with Gasteiger partial charge in [0, 0.05) is 49.8 Å². The van der Waals surface area contributed by atoms with Crippen molar-refractivity contribution in [3.8, 4) is 0 Å². The number of aliphatic hydroxyl groups is 1. The normalized spacial score (nSPS) is 37.5. The average molecular weight is 517 g/mol. The number of epoxide rings is 1. The number of benzene rings is 2. The van der Waals surface area contributed by atoms with Crippen LogP contribution in [0, 0.1) is 23.2 Å². The van der Waals surface area contributed by atoms with Gasteiger partial charge >= 0.3 is 5.97 Å². The summed E-state index contributed by atoms with van der Waals surface area (Å²) in [4.78, 5) is 17.8. The highest BCUT2D eigenvalue weighted by atomic mass is 16.6. The quantitative estimate of drug-likeness (QED) is 0.478. The van der Waals surface area contributed by atoms with Gasteiger partial charge in [-0.2, -0.15) is 0 Å². The maximum Gasteiger partial charge on any atom is 0.310 e. The fourth-order valence-electron chi connectivity index (χ4n) is 8.57. The fourth-order valence-corrected chi connectivity index (χ4v) is 8.57. The molecule has 3 heterocycles. The van der Waals surface area contributed by atoms with Crippen molar-refractivity contribution >= 4 is 5.97 Å². The summed E-state index contributed by atoms with van der Waals surface area (Å²) in [5.74, 6) is 0.783. The summed E-state index contributed by atoms with van der Waals surface area (Å²) < 4.78 is 12.1. The van der Waals surface area contributed by atoms with Crippen molar-refractivity contribution in [2.75, 3.05) is 39.3 Å². The predicted molar refractivity (Wildman–Crippen MR) is 144 cm³/mol. The second-order valence-corrected chi connectivity index (χ2v) is 12.8. The summed E-state index contributed by atoms with van der Waals surface area (Å²) in [7, 11) is 0. The molecule has 0 aromatic heterocycles. The number of fused-ring (bicyclic) bond motifs is 3. The van der Waals surface area contributed by atoms with E-state index < -0.39 is 5.72 Å². The van der Waals surface area contributed by atoms with E-state index in [1.54, 1.807) is 0 Å². The van der Waals surface area contributed by atoms with Gasteiger partial charge in [-0.15, -0.1) is 0 Å². The minimum atomic E-state index is -1.18. The Morgan fingerprint density at radius 1 is 0.974 bits per heavy atom. The van der Waals surface area contributed by atoms with Crippen molar-refractivity contribution in [3.63, 3.8) is 0 Å². The van der Waals surface area contributed by atoms with E-state index >= 15 is 0 Å². The van der Waals surface area contributed by atoms with Crippen LogP contribution < -0.4 is 0 Å². The predicted octanol–water partition coefficient (Wildman–Crippen LogP) is 4.02. The molecule has 2 aliphatic carbocycles. The Labute approximate surface area is 225 Å². The smallest absolute Gasteiger partial charge is 0.310 e. The summed E-state index contributed by atoms with van der Waals surface area (Å²) in [6.07, 6.45) is 5.73. The molecule has 38 heavy (non-hydrogen) atoms. The molecule has 6 unspecified atom stereocenters. The number of carbonyl (C=O) groups is 1. The molecule has 3 saturated heterocycles. The number of nitrogens with zero attached hydrogens (tertiary/aromatic N) is 2. The summed E-state index contributed by atoms with van der Waals surface area (Å²) in [5, 5.41) is 12.2. The largest absolute Gasteiger partial charge is 0.462 e. The molecular formula is C32H40N2O4. The molecule has 6 nitrogen and oxygen atoms in total. The van der Waals surface area contributed by atoms with Crippen molar-refractivity contribution < 1.29 is 19.4 Å². The van der Waals surface area contributed by atoms with Crippen LogP contribution in [-0.2, 0) is 20.0 Å². The van der Waals surface area contributed by atoms with Crippen LogP contribution in [0.15, 0.2) is 60.7 Å². The number of esters is 1. The van der Waals surface area contributed by atoms with E-state index in [0.717, 1.165) is 63.3 Å². The zero-order valence-corrected chi connectivity index (χ0v) is 22.4. The molecule has 2 saturated carbocycles. The number of hydrogen-bond acceptors (Lipinski definition) is 6. The summed E-state index contributed by atoms with van der Waals surface area (Å²) in [6.45, 7) is 7.16. The lowest BCUT2D eigenvalue weighted by atomic mass is 9.53. The molecular weight excluding hydrogens is 476 g/mol. The van der Waals surface area contributed by atoms with Gasteiger partial charge in [0.1, 0.15) is 6.10 Å². The first-order valence-electron chi connectivity index (χ1n) is 14.6. The number of carbonyl (C=O) groups excluding carboxylic acids is 1. The van der Waals surface area contributed by atoms with Crippen LogP contribution in [0.1, 0.15) is 50.2 Å². The number of hydrogen-bond donors (Lipinski definition) is 1. The third kappa shape index (κ3) is 3.95. The Balaban J connectivity index is 1.05. The molecule has 0 amide bonds. The van der Waals surface area contributed by atoms with Crippen molar-refractivity contribution in [2.45, 2.75) is 56.5 Å². The standard InChI is InChI=1S/C32H40N2O4/c1-30-13-8-14-31(22-37-31)28(30)19-25-26(29(35)38-27(25)20-30)21-33-15-17-34(18-16-33)32(36,23-9-4-2-5-10-23)24-11-6-3-7-12-24/h2-7,9-12,25-28,36H,8,13-22H2,1H3. The van der Waals surface area contributed by atoms with Crippen LogP contribution in [0.5, 0.6) is 0 Å². The van der Waals surface area contributed by atoms with Gasteiger partial charge in [0.25, 0.3) is 0 Å². The van der Waals surface area contributed by atoms with E-state index in [-0.39, 0.29) is 29.0 Å². The molecule has 0 bridgehead atoms. The van der Waals surface area contributed by atoms with Gasteiger partial charge in [0.05, 0.1) is 18.1 Å². The fraction of sp³-hybridized carbons (Fsp3) is 0.594. The minimum absolute atomic E-state index is 0.000480. The Hall–Kier alpha value is -2.25. The van der Waals surface area contributed by atoms with E-state index in [9.17, 15) is 9.90 Å². The molecule has 5 aliphatic rings. The second kappa shape index (κ2) is 9.16. The van der Waals surface area contributed by atoms with E-state index in [2.05, 4.69) is 16.7 Å². The second-order valence-electron chi connectivity index (χ2n) is 12.8. The van der Waals surface area contributed by atoms with Crippen LogP contribution in [-0.4, -0.2) is 71.9 Å². The van der Waals surface area contributed by atoms with Gasteiger partial charge in [0.2, 0.25) is 0 Å². The monoisotopic (exact) mass is 516 g/mol. The molecule has 202 valence electrons. The molecule has 5 fully saturated rings. The van der Waals surface area contributed by atoms with E-state index in [0.29, 0.717) is 11.8 Å². The van der Waals surface area contributed by atoms with Crippen LogP contribution in [0.2, 0.25) is 0 Å². The third-order valence-corrected chi connectivity index (χ3v) is 10.7. The molecule has 2 aromatic carbocycles. The zero-order valence-electron chi connectivity index (χ0n) is 22.4. The van der Waals surface area contributed by atoms with E-state index in [1.807, 2.05) is 60.7 Å². The van der Waals surface area contributed by atoms with Crippen LogP contribution in [0.3, 0.4) is 0 Å². The molecule has 3 aliphatic heterocycles. The lowest BCUT2D eigenvalue weighted by Crippen LogP contribution is -2.57. The first kappa shape index (κ1) is 24.8. The topological polar surface area (TPSA) is 65.5 Å². The first-order valence-corrected chi connectivity index (χ1v) is 14.6. The van der Waals surface area contributed by atoms with Crippen LogP contribution >= 0.6 is 0 Å². The minimum Gasteiger partial charge on any atom is -0.462 e. The SMILES string of the molecule is CC12CCCC3(CO3)C1CC1C(C2)OC(=O)C1CN1CCN(C(O)(c2ccccc2)c2ccccc2)CC1. The number of piperazine rings is 1. The molecule has 7 rings (SSSR count). The first-order chi connectivity index (χ1) is 18.4. The highest BCUT2D eigenvalue weighted by Crippen LogP contribution is 2.62. The zero-order chi connectivity index (χ0) is 26.0. The van der Waals surface area contributed by atoms with Crippen molar-refractivity contribution in [1.29, 1.82) is 0 Å². The number of rotatable bonds is 5. The summed E-state index contributed by atoms with van der Waals surface area (Å²) in [6, 6.07) is 19.9. The molecule has 1 N–H and O–H groups in total. The van der Waals surface area contributed by atoms with Gasteiger partial charge in [-0.25, -0.2) is 0 Å². The highest BCUT2D eigenvalue weighted by molar-refractivity contribution is 5.75. The summed E-state index contributed by atoms with van der Waals surface area (Å²) in [5.41, 5.74) is 0.904. The van der Waals surface area contributed by atoms with E-state index in [1.165, 1.54) is 19.3 Å². The molecule has 2 aromatic rings. The lowest BCUT2D eigenvalue weighted by Gasteiger charge is -2.51. The maximum absolute atomic E-state index is 13.2. The average Bonchev–Trinajstić information content (AvgIpc) is 3.65. The highest BCUT2D eigenvalue weighted by Gasteiger charge is 2.65. The van der Waals surface area contributed by atoms with Gasteiger partial charge in [-0.3, -0.25) is 14.6 Å². The van der Waals surface area contributed by atoms with Crippen LogP contribution in [0.4, 0.5) is 0 Å². The molecule has 1 spiro atoms. The van der Waals surface area contributed by atoms with Gasteiger partial charge < -0.3 is 14.6 Å². The van der Waals surface area contributed by atoms with Gasteiger partial charge in [-0.05, 0) is 43.4 Å². The Bertz CT molecular complexity index is 1120. The van der Waals surface area contributed by atoms with Gasteiger partial charge in [-0.1, -0.05) is 67.6 Å². The molecule has 0 radical (unpaired) electrons. The van der Waals surface area contributed by atoms with Gasteiger partial charge in [0.15, 0.2) is 5.72 Å². The van der Waals surface area contributed by atoms with Crippen molar-refractivity contribution in [2.24, 2.45) is 23.2 Å². The Morgan fingerprint density at radius 2 is 1.61 bits per heavy atom. The third-order valence-electron chi connectivity index (χ3n) is 10.7. The number of ether oxygens (including phenoxy) is 2. The Kier molecular flexibility index (Phi) is 5.97. The summed E-state index contributed by atoms with van der Waals surface area (Å²) >= 11 is 0. The molecule has 6 atom stereocenters.